The average molecular weight is 373 g/mol. The highest BCUT2D eigenvalue weighted by Crippen LogP contribution is 2.34. The highest BCUT2D eigenvalue weighted by atomic mass is 16.5. The summed E-state index contributed by atoms with van der Waals surface area (Å²) in [6.45, 7) is 4.94. The van der Waals surface area contributed by atoms with Crippen LogP contribution in [0.2, 0.25) is 0 Å². The fourth-order valence-corrected chi connectivity index (χ4v) is 4.24. The van der Waals surface area contributed by atoms with Gasteiger partial charge in [-0.1, -0.05) is 13.3 Å². The molecule has 0 bridgehead atoms. The van der Waals surface area contributed by atoms with Crippen LogP contribution in [0.4, 0.5) is 5.82 Å². The van der Waals surface area contributed by atoms with Gasteiger partial charge < -0.3 is 14.6 Å². The van der Waals surface area contributed by atoms with Crippen molar-refractivity contribution in [2.75, 3.05) is 32.1 Å². The summed E-state index contributed by atoms with van der Waals surface area (Å²) >= 11 is 0. The van der Waals surface area contributed by atoms with Crippen molar-refractivity contribution < 1.29 is 9.53 Å². The number of unbranched alkanes of at least 4 members (excludes halogenated alkanes) is 1. The van der Waals surface area contributed by atoms with E-state index >= 15 is 0 Å². The number of hydrogen-bond donors (Lipinski definition) is 1. The topological polar surface area (TPSA) is 70.3 Å². The summed E-state index contributed by atoms with van der Waals surface area (Å²) < 4.78 is 8.01. The minimum absolute atomic E-state index is 0.0476. The Balaban J connectivity index is 1.82. The van der Waals surface area contributed by atoms with Crippen molar-refractivity contribution in [2.45, 2.75) is 70.9 Å². The van der Waals surface area contributed by atoms with Gasteiger partial charge in [-0.25, -0.2) is 0 Å². The van der Waals surface area contributed by atoms with Gasteiger partial charge in [0.2, 0.25) is 5.91 Å². The van der Waals surface area contributed by atoms with Crippen LogP contribution in [-0.4, -0.2) is 48.2 Å². The number of hydrogen-bond acceptors (Lipinski definition) is 4. The second-order valence-corrected chi connectivity index (χ2v) is 7.85. The molecule has 1 aliphatic heterocycles. The van der Waals surface area contributed by atoms with Gasteiger partial charge in [0.1, 0.15) is 11.9 Å². The first-order valence-electron chi connectivity index (χ1n) is 10.4. The second-order valence-electron chi connectivity index (χ2n) is 7.85. The van der Waals surface area contributed by atoms with E-state index in [-0.39, 0.29) is 12.0 Å². The van der Waals surface area contributed by atoms with Crippen molar-refractivity contribution in [1.82, 2.24) is 9.47 Å². The third-order valence-electron chi connectivity index (χ3n) is 5.66. The van der Waals surface area contributed by atoms with Crippen molar-refractivity contribution in [2.24, 2.45) is 0 Å². The number of aromatic nitrogens is 1. The van der Waals surface area contributed by atoms with Crippen molar-refractivity contribution >= 4 is 11.7 Å². The molecule has 0 saturated carbocycles. The standard InChI is InChI=1S/C21H32N4O2/c1-3-4-11-24(2)15-20(26)23-21-18(13-22)17-9-5-6-10-19(17)25(21)14-16-8-7-12-27-16/h16H,3-12,14-15H2,1-2H3,(H,23,26)/t16-/m0/s1. The fraction of sp³-hybridized carbons (Fsp3) is 0.714. The van der Waals surface area contributed by atoms with E-state index in [0.717, 1.165) is 76.6 Å². The summed E-state index contributed by atoms with van der Waals surface area (Å²) in [7, 11) is 1.97. The summed E-state index contributed by atoms with van der Waals surface area (Å²) in [5, 5.41) is 12.9. The molecule has 1 aliphatic carbocycles. The molecule has 2 aliphatic rings. The molecule has 0 aromatic carbocycles. The van der Waals surface area contributed by atoms with Crippen LogP contribution in [0.1, 0.15) is 62.3 Å². The zero-order valence-electron chi connectivity index (χ0n) is 16.7. The van der Waals surface area contributed by atoms with Crippen LogP contribution < -0.4 is 5.32 Å². The van der Waals surface area contributed by atoms with E-state index in [2.05, 4.69) is 22.9 Å². The Bertz CT molecular complexity index is 698. The third-order valence-corrected chi connectivity index (χ3v) is 5.66. The van der Waals surface area contributed by atoms with Crippen molar-refractivity contribution in [3.8, 4) is 6.07 Å². The van der Waals surface area contributed by atoms with Crippen LogP contribution in [0, 0.1) is 11.3 Å². The first kappa shape index (κ1) is 19.9. The van der Waals surface area contributed by atoms with Gasteiger partial charge in [0, 0.05) is 12.3 Å². The fourth-order valence-electron chi connectivity index (χ4n) is 4.24. The lowest BCUT2D eigenvalue weighted by molar-refractivity contribution is -0.117. The molecular weight excluding hydrogens is 340 g/mol. The largest absolute Gasteiger partial charge is 0.376 e. The number of nitrogens with one attached hydrogen (secondary N) is 1. The number of carbonyl (C=O) groups excluding carboxylic acids is 1. The lowest BCUT2D eigenvalue weighted by atomic mass is 9.95. The number of ether oxygens (including phenoxy) is 1. The van der Waals surface area contributed by atoms with Crippen LogP contribution in [0.25, 0.3) is 0 Å². The first-order chi connectivity index (χ1) is 13.1. The van der Waals surface area contributed by atoms with Crippen molar-refractivity contribution in [1.29, 1.82) is 5.26 Å². The van der Waals surface area contributed by atoms with E-state index in [4.69, 9.17) is 4.74 Å². The molecule has 0 unspecified atom stereocenters. The Morgan fingerprint density at radius 3 is 2.89 bits per heavy atom. The van der Waals surface area contributed by atoms with Gasteiger partial charge >= 0.3 is 0 Å². The van der Waals surface area contributed by atoms with Crippen LogP contribution in [-0.2, 0) is 28.9 Å². The zero-order chi connectivity index (χ0) is 19.2. The normalized spacial score (nSPS) is 19.1. The molecule has 1 aromatic rings. The second kappa shape index (κ2) is 9.38. The van der Waals surface area contributed by atoms with Gasteiger partial charge in [0.25, 0.3) is 0 Å². The molecule has 2 heterocycles. The van der Waals surface area contributed by atoms with Crippen molar-refractivity contribution in [3.05, 3.63) is 16.8 Å². The van der Waals surface area contributed by atoms with Gasteiger partial charge in [-0.05, 0) is 64.1 Å². The highest BCUT2D eigenvalue weighted by Gasteiger charge is 2.28. The smallest absolute Gasteiger partial charge is 0.239 e. The first-order valence-corrected chi connectivity index (χ1v) is 10.4. The molecule has 1 N–H and O–H groups in total. The Hall–Kier alpha value is -1.84. The van der Waals surface area contributed by atoms with Crippen LogP contribution >= 0.6 is 0 Å². The molecule has 6 nitrogen and oxygen atoms in total. The number of fused-ring (bicyclic) bond motifs is 1. The minimum Gasteiger partial charge on any atom is -0.376 e. The summed E-state index contributed by atoms with van der Waals surface area (Å²) in [5.41, 5.74) is 3.02. The number of rotatable bonds is 8. The molecule has 0 radical (unpaired) electrons. The maximum Gasteiger partial charge on any atom is 0.239 e. The lowest BCUT2D eigenvalue weighted by Gasteiger charge is -2.20. The number of carbonyl (C=O) groups is 1. The molecule has 6 heteroatoms. The number of anilines is 1. The number of likely N-dealkylation sites (N-methyl/N-ethyl adjacent to an activating group) is 1. The van der Waals surface area contributed by atoms with E-state index < -0.39 is 0 Å². The van der Waals surface area contributed by atoms with Gasteiger partial charge in [0.15, 0.2) is 0 Å². The van der Waals surface area contributed by atoms with Crippen LogP contribution in [0.5, 0.6) is 0 Å². The Morgan fingerprint density at radius 2 is 2.19 bits per heavy atom. The molecule has 1 amide bonds. The summed E-state index contributed by atoms with van der Waals surface area (Å²) in [4.78, 5) is 14.7. The number of nitrogens with zero attached hydrogens (tertiary/aromatic N) is 3. The number of amides is 1. The molecule has 1 saturated heterocycles. The molecule has 3 rings (SSSR count). The Kier molecular flexibility index (Phi) is 6.92. The van der Waals surface area contributed by atoms with Gasteiger partial charge in [-0.15, -0.1) is 0 Å². The van der Waals surface area contributed by atoms with E-state index in [1.165, 1.54) is 5.69 Å². The molecule has 1 aromatic heterocycles. The van der Waals surface area contributed by atoms with Crippen LogP contribution in [0.3, 0.4) is 0 Å². The molecule has 1 fully saturated rings. The van der Waals surface area contributed by atoms with Gasteiger partial charge in [0.05, 0.1) is 24.8 Å². The zero-order valence-corrected chi connectivity index (χ0v) is 16.7. The maximum atomic E-state index is 12.6. The molecule has 1 atom stereocenters. The van der Waals surface area contributed by atoms with E-state index in [9.17, 15) is 10.1 Å². The third kappa shape index (κ3) is 4.72. The maximum absolute atomic E-state index is 12.6. The van der Waals surface area contributed by atoms with E-state index in [0.29, 0.717) is 17.9 Å². The van der Waals surface area contributed by atoms with E-state index in [1.807, 2.05) is 11.9 Å². The van der Waals surface area contributed by atoms with Gasteiger partial charge in [-0.2, -0.15) is 5.26 Å². The summed E-state index contributed by atoms with van der Waals surface area (Å²) in [6, 6.07) is 2.37. The Morgan fingerprint density at radius 1 is 1.37 bits per heavy atom. The lowest BCUT2D eigenvalue weighted by Crippen LogP contribution is -2.32. The molecular formula is C21H32N4O2. The highest BCUT2D eigenvalue weighted by molar-refractivity contribution is 5.93. The molecule has 148 valence electrons. The quantitative estimate of drug-likeness (QED) is 0.761. The predicted octanol–water partition coefficient (Wildman–Crippen LogP) is 3.09. The van der Waals surface area contributed by atoms with E-state index in [1.54, 1.807) is 0 Å². The van der Waals surface area contributed by atoms with Gasteiger partial charge in [-0.3, -0.25) is 9.69 Å². The SMILES string of the molecule is CCCCN(C)CC(=O)Nc1c(C#N)c2c(n1C[C@@H]1CCCO1)CCCC2. The average Bonchev–Trinajstić information content (AvgIpc) is 3.27. The van der Waals surface area contributed by atoms with Crippen molar-refractivity contribution in [3.63, 3.8) is 0 Å². The predicted molar refractivity (Wildman–Crippen MR) is 106 cm³/mol. The molecule has 0 spiro atoms. The summed E-state index contributed by atoms with van der Waals surface area (Å²) in [6.07, 6.45) is 8.65. The summed E-state index contributed by atoms with van der Waals surface area (Å²) in [5.74, 6) is 0.641. The molecule has 27 heavy (non-hydrogen) atoms. The Labute approximate surface area is 162 Å². The minimum atomic E-state index is -0.0476. The monoisotopic (exact) mass is 372 g/mol. The number of nitriles is 1. The van der Waals surface area contributed by atoms with Crippen LogP contribution in [0.15, 0.2) is 0 Å².